The van der Waals surface area contributed by atoms with Gasteiger partial charge in [-0.2, -0.15) is 13.2 Å². The number of guanidine groups is 1. The Morgan fingerprint density at radius 2 is 1.85 bits per heavy atom. The second kappa shape index (κ2) is 10.5. The molecule has 0 atom stereocenters. The van der Waals surface area contributed by atoms with Crippen molar-refractivity contribution in [1.82, 2.24) is 10.6 Å². The molecule has 0 unspecified atom stereocenters. The highest BCUT2D eigenvalue weighted by molar-refractivity contribution is 7.89. The van der Waals surface area contributed by atoms with Crippen molar-refractivity contribution >= 4 is 15.8 Å². The Balaban J connectivity index is 2.73. The van der Waals surface area contributed by atoms with Gasteiger partial charge in [0.25, 0.3) is 0 Å². The molecule has 0 aliphatic rings. The van der Waals surface area contributed by atoms with Gasteiger partial charge in [-0.15, -0.1) is 0 Å². The molecule has 27 heavy (non-hydrogen) atoms. The predicted octanol–water partition coefficient (Wildman–Crippen LogP) is 3.16. The first-order valence-corrected chi connectivity index (χ1v) is 10.6. The molecule has 0 radical (unpaired) electrons. The van der Waals surface area contributed by atoms with Crippen LogP contribution in [-0.2, 0) is 22.1 Å². The van der Waals surface area contributed by atoms with Crippen molar-refractivity contribution in [3.8, 4) is 0 Å². The molecule has 0 saturated heterocycles. The van der Waals surface area contributed by atoms with Gasteiger partial charge < -0.3 is 10.6 Å². The van der Waals surface area contributed by atoms with Crippen LogP contribution >= 0.6 is 0 Å². The smallest absolute Gasteiger partial charge is 0.357 e. The molecule has 1 aromatic rings. The Labute approximate surface area is 157 Å². The molecule has 1 rings (SSSR count). The third-order valence-corrected chi connectivity index (χ3v) is 4.35. The number of nitrogens with one attached hydrogen (secondary N) is 2. The van der Waals surface area contributed by atoms with Crippen molar-refractivity contribution in [3.05, 3.63) is 35.1 Å². The summed E-state index contributed by atoms with van der Waals surface area (Å²) in [6.07, 6.45) is -3.57. The van der Waals surface area contributed by atoms with Gasteiger partial charge in [-0.05, 0) is 43.0 Å². The van der Waals surface area contributed by atoms with E-state index in [9.17, 15) is 26.0 Å². The first-order chi connectivity index (χ1) is 12.5. The molecule has 0 bridgehead atoms. The fourth-order valence-electron chi connectivity index (χ4n) is 2.33. The third-order valence-electron chi connectivity index (χ3n) is 3.52. The monoisotopic (exact) mass is 411 g/mol. The average molecular weight is 411 g/mol. The van der Waals surface area contributed by atoms with Crippen LogP contribution in [-0.4, -0.2) is 39.9 Å². The number of unbranched alkanes of at least 4 members (excludes halogenated alkanes) is 1. The van der Waals surface area contributed by atoms with Crippen molar-refractivity contribution < 1.29 is 26.0 Å². The second-order valence-corrected chi connectivity index (χ2v) is 8.32. The van der Waals surface area contributed by atoms with E-state index < -0.39 is 28.3 Å². The van der Waals surface area contributed by atoms with Crippen molar-refractivity contribution in [1.29, 1.82) is 0 Å². The summed E-state index contributed by atoms with van der Waals surface area (Å²) in [6.45, 7) is 2.72. The summed E-state index contributed by atoms with van der Waals surface area (Å²) >= 11 is 0. The Morgan fingerprint density at radius 3 is 2.44 bits per heavy atom. The molecule has 1 aromatic carbocycles. The Hall–Kier alpha value is -1.84. The van der Waals surface area contributed by atoms with Gasteiger partial charge in [-0.25, -0.2) is 17.8 Å². The van der Waals surface area contributed by atoms with Crippen LogP contribution in [0, 0.1) is 5.82 Å². The minimum Gasteiger partial charge on any atom is -0.357 e. The van der Waals surface area contributed by atoms with Crippen LogP contribution in [0.15, 0.2) is 23.2 Å². The molecule has 2 N–H and O–H groups in total. The minimum absolute atomic E-state index is 0.0122. The van der Waals surface area contributed by atoms with Crippen LogP contribution in [0.3, 0.4) is 0 Å². The van der Waals surface area contributed by atoms with E-state index >= 15 is 0 Å². The standard InChI is InChI=1S/C17H25F4N3O2S/c1-3-22-16(23-9-5-4-8-17(19,20)21)24-11-14-10-15(18)7-6-13(14)12-27(2,25)26/h6-7,10H,3-5,8-9,11-12H2,1-2H3,(H2,22,23,24). The molecule has 10 heteroatoms. The average Bonchev–Trinajstić information content (AvgIpc) is 2.52. The lowest BCUT2D eigenvalue weighted by Gasteiger charge is -2.13. The Morgan fingerprint density at radius 1 is 1.15 bits per heavy atom. The van der Waals surface area contributed by atoms with Gasteiger partial charge >= 0.3 is 6.18 Å². The molecule has 0 aliphatic heterocycles. The van der Waals surface area contributed by atoms with Gasteiger partial charge in [0.2, 0.25) is 0 Å². The van der Waals surface area contributed by atoms with E-state index in [0.717, 1.165) is 6.26 Å². The predicted molar refractivity (Wildman–Crippen MR) is 97.7 cm³/mol. The number of hydrogen-bond acceptors (Lipinski definition) is 3. The fourth-order valence-corrected chi connectivity index (χ4v) is 3.17. The van der Waals surface area contributed by atoms with Gasteiger partial charge in [0.05, 0.1) is 12.3 Å². The van der Waals surface area contributed by atoms with Crippen LogP contribution in [0.5, 0.6) is 0 Å². The quantitative estimate of drug-likeness (QED) is 0.283. The summed E-state index contributed by atoms with van der Waals surface area (Å²) < 4.78 is 72.9. The van der Waals surface area contributed by atoms with E-state index in [1.807, 2.05) is 6.92 Å². The van der Waals surface area contributed by atoms with Crippen LogP contribution in [0.4, 0.5) is 17.6 Å². The largest absolute Gasteiger partial charge is 0.389 e. The maximum absolute atomic E-state index is 13.5. The number of halogens is 4. The highest BCUT2D eigenvalue weighted by atomic mass is 32.2. The number of sulfone groups is 1. The molecule has 0 fully saturated rings. The van der Waals surface area contributed by atoms with Gasteiger partial charge in [-0.3, -0.25) is 0 Å². The molecule has 5 nitrogen and oxygen atoms in total. The molecule has 0 aliphatic carbocycles. The van der Waals surface area contributed by atoms with E-state index in [1.165, 1.54) is 18.2 Å². The Kier molecular flexibility index (Phi) is 9.01. The van der Waals surface area contributed by atoms with Crippen LogP contribution in [0.2, 0.25) is 0 Å². The van der Waals surface area contributed by atoms with E-state index in [4.69, 9.17) is 0 Å². The lowest BCUT2D eigenvalue weighted by Crippen LogP contribution is -2.37. The third kappa shape index (κ3) is 10.8. The second-order valence-electron chi connectivity index (χ2n) is 6.18. The summed E-state index contributed by atoms with van der Waals surface area (Å²) in [7, 11) is -3.29. The molecular formula is C17H25F4N3O2S. The van der Waals surface area contributed by atoms with E-state index in [1.54, 1.807) is 0 Å². The Bertz CT molecular complexity index is 734. The molecule has 0 spiro atoms. The number of nitrogens with zero attached hydrogens (tertiary/aromatic N) is 1. The molecule has 0 amide bonds. The summed E-state index contributed by atoms with van der Waals surface area (Å²) in [5, 5.41) is 5.87. The molecule has 0 aromatic heterocycles. The normalized spacial score (nSPS) is 12.9. The molecule has 0 saturated carbocycles. The van der Waals surface area contributed by atoms with E-state index in [-0.39, 0.29) is 18.7 Å². The molecule has 0 heterocycles. The van der Waals surface area contributed by atoms with E-state index in [0.29, 0.717) is 36.6 Å². The van der Waals surface area contributed by atoms with Crippen LogP contribution in [0.25, 0.3) is 0 Å². The van der Waals surface area contributed by atoms with Crippen LogP contribution in [0.1, 0.15) is 37.3 Å². The van der Waals surface area contributed by atoms with Crippen molar-refractivity contribution in [3.63, 3.8) is 0 Å². The number of alkyl halides is 3. The zero-order valence-electron chi connectivity index (χ0n) is 15.4. The maximum Gasteiger partial charge on any atom is 0.389 e. The van der Waals surface area contributed by atoms with Gasteiger partial charge in [-0.1, -0.05) is 6.07 Å². The topological polar surface area (TPSA) is 70.6 Å². The lowest BCUT2D eigenvalue weighted by atomic mass is 10.1. The number of aliphatic imine (C=N–C) groups is 1. The lowest BCUT2D eigenvalue weighted by molar-refractivity contribution is -0.135. The molecular weight excluding hydrogens is 386 g/mol. The number of benzene rings is 1. The van der Waals surface area contributed by atoms with Gasteiger partial charge in [0, 0.05) is 25.8 Å². The summed E-state index contributed by atoms with van der Waals surface area (Å²) in [5.41, 5.74) is 0.901. The number of hydrogen-bond donors (Lipinski definition) is 2. The van der Waals surface area contributed by atoms with Crippen molar-refractivity contribution in [2.45, 2.75) is 44.7 Å². The minimum atomic E-state index is -4.16. The highest BCUT2D eigenvalue weighted by Gasteiger charge is 2.25. The summed E-state index contributed by atoms with van der Waals surface area (Å²) in [5.74, 6) is -0.346. The van der Waals surface area contributed by atoms with Crippen molar-refractivity contribution in [2.24, 2.45) is 4.99 Å². The van der Waals surface area contributed by atoms with Crippen LogP contribution < -0.4 is 10.6 Å². The first-order valence-electron chi connectivity index (χ1n) is 8.54. The SMILES string of the molecule is CCNC(=NCc1cc(F)ccc1CS(C)(=O)=O)NCCCCC(F)(F)F. The maximum atomic E-state index is 13.5. The highest BCUT2D eigenvalue weighted by Crippen LogP contribution is 2.21. The zero-order valence-corrected chi connectivity index (χ0v) is 16.2. The number of rotatable bonds is 9. The fraction of sp³-hybridized carbons (Fsp3) is 0.588. The zero-order chi connectivity index (χ0) is 20.5. The molecule has 154 valence electrons. The first kappa shape index (κ1) is 23.2. The summed E-state index contributed by atoms with van der Waals surface area (Å²) in [4.78, 5) is 4.27. The van der Waals surface area contributed by atoms with Crippen molar-refractivity contribution in [2.75, 3.05) is 19.3 Å². The summed E-state index contributed by atoms with van der Waals surface area (Å²) in [6, 6.07) is 3.84. The van der Waals surface area contributed by atoms with Gasteiger partial charge in [0.1, 0.15) is 5.82 Å². The van der Waals surface area contributed by atoms with E-state index in [2.05, 4.69) is 15.6 Å². The van der Waals surface area contributed by atoms with Gasteiger partial charge in [0.15, 0.2) is 15.8 Å².